The molecule has 6 atom stereocenters. The molecule has 0 aromatic rings. The van der Waals surface area contributed by atoms with E-state index in [1.807, 2.05) is 0 Å². The zero-order valence-electron chi connectivity index (χ0n) is 7.75. The average Bonchev–Trinajstić information content (AvgIpc) is 2.13. The molecular formula is C8H17NO4. The van der Waals surface area contributed by atoms with Crippen molar-refractivity contribution in [2.75, 3.05) is 7.05 Å². The molecule has 0 bridgehead atoms. The smallest absolute Gasteiger partial charge is 0.108 e. The molecule has 78 valence electrons. The van der Waals surface area contributed by atoms with Crippen molar-refractivity contribution in [3.63, 3.8) is 0 Å². The molecule has 1 fully saturated rings. The van der Waals surface area contributed by atoms with Gasteiger partial charge in [-0.2, -0.15) is 0 Å². The molecular weight excluding hydrogens is 174 g/mol. The van der Waals surface area contributed by atoms with Crippen LogP contribution in [0.3, 0.4) is 0 Å². The van der Waals surface area contributed by atoms with Crippen LogP contribution in [-0.4, -0.2) is 57.9 Å². The third-order valence-electron chi connectivity index (χ3n) is 2.85. The number of hydrogen-bond acceptors (Lipinski definition) is 5. The van der Waals surface area contributed by atoms with Crippen molar-refractivity contribution in [2.24, 2.45) is 5.92 Å². The maximum Gasteiger partial charge on any atom is 0.108 e. The van der Waals surface area contributed by atoms with E-state index < -0.39 is 36.4 Å². The Morgan fingerprint density at radius 3 is 1.85 bits per heavy atom. The molecule has 1 aliphatic carbocycles. The summed E-state index contributed by atoms with van der Waals surface area (Å²) in [5.41, 5.74) is 0. The third-order valence-corrected chi connectivity index (χ3v) is 2.85. The standard InChI is InChI=1S/C8H17NO4/c1-3-5(10)4(9-2)7(12)8(13)6(3)11/h3-13H,1-2H3/t3-,4+,5-,6+,7+,8-/m0/s1. The summed E-state index contributed by atoms with van der Waals surface area (Å²) in [6, 6.07) is -0.589. The Morgan fingerprint density at radius 2 is 1.38 bits per heavy atom. The van der Waals surface area contributed by atoms with Gasteiger partial charge in [-0.05, 0) is 7.05 Å². The highest BCUT2D eigenvalue weighted by Gasteiger charge is 2.45. The lowest BCUT2D eigenvalue weighted by Crippen LogP contribution is -2.64. The van der Waals surface area contributed by atoms with Crippen molar-refractivity contribution in [2.45, 2.75) is 37.4 Å². The fraction of sp³-hybridized carbons (Fsp3) is 1.00. The fourth-order valence-corrected chi connectivity index (χ4v) is 1.80. The summed E-state index contributed by atoms with van der Waals surface area (Å²) in [4.78, 5) is 0. The predicted octanol–water partition coefficient (Wildman–Crippen LogP) is -2.33. The third kappa shape index (κ3) is 1.70. The summed E-state index contributed by atoms with van der Waals surface area (Å²) >= 11 is 0. The molecule has 1 aliphatic rings. The molecule has 0 saturated heterocycles. The molecule has 5 N–H and O–H groups in total. The number of hydrogen-bond donors (Lipinski definition) is 5. The van der Waals surface area contributed by atoms with E-state index in [2.05, 4.69) is 5.32 Å². The van der Waals surface area contributed by atoms with E-state index in [0.717, 1.165) is 0 Å². The van der Waals surface area contributed by atoms with Crippen molar-refractivity contribution >= 4 is 0 Å². The Hall–Kier alpha value is -0.200. The van der Waals surface area contributed by atoms with Crippen LogP contribution in [0.4, 0.5) is 0 Å². The van der Waals surface area contributed by atoms with Crippen LogP contribution in [0.25, 0.3) is 0 Å². The summed E-state index contributed by atoms with van der Waals surface area (Å²) in [6.07, 6.45) is -4.25. The van der Waals surface area contributed by atoms with Crippen LogP contribution in [0, 0.1) is 5.92 Å². The molecule has 0 radical (unpaired) electrons. The van der Waals surface area contributed by atoms with Crippen LogP contribution in [-0.2, 0) is 0 Å². The van der Waals surface area contributed by atoms with Crippen molar-refractivity contribution in [1.82, 2.24) is 5.32 Å². The molecule has 1 saturated carbocycles. The first-order chi connectivity index (χ1) is 6.00. The molecule has 5 heteroatoms. The van der Waals surface area contributed by atoms with Crippen molar-refractivity contribution in [1.29, 1.82) is 0 Å². The van der Waals surface area contributed by atoms with Gasteiger partial charge in [0.05, 0.1) is 18.2 Å². The minimum Gasteiger partial charge on any atom is -0.391 e. The van der Waals surface area contributed by atoms with E-state index in [9.17, 15) is 20.4 Å². The largest absolute Gasteiger partial charge is 0.391 e. The van der Waals surface area contributed by atoms with Gasteiger partial charge in [0.25, 0.3) is 0 Å². The van der Waals surface area contributed by atoms with Crippen LogP contribution in [0.15, 0.2) is 0 Å². The van der Waals surface area contributed by atoms with Crippen molar-refractivity contribution in [3.8, 4) is 0 Å². The number of rotatable bonds is 1. The van der Waals surface area contributed by atoms with E-state index in [4.69, 9.17) is 0 Å². The van der Waals surface area contributed by atoms with Crippen LogP contribution >= 0.6 is 0 Å². The van der Waals surface area contributed by atoms with Gasteiger partial charge in [0.1, 0.15) is 12.2 Å². The van der Waals surface area contributed by atoms with E-state index in [-0.39, 0.29) is 0 Å². The Morgan fingerprint density at radius 1 is 0.846 bits per heavy atom. The molecule has 0 amide bonds. The highest BCUT2D eigenvalue weighted by molar-refractivity contribution is 4.99. The Bertz CT molecular complexity index is 162. The zero-order chi connectivity index (χ0) is 10.2. The lowest BCUT2D eigenvalue weighted by atomic mass is 9.78. The SMILES string of the molecule is CN[C@@H]1[C@@H](O)[C@H](C)[C@@H](O)[C@H](O)[C@@H]1O. The van der Waals surface area contributed by atoms with Gasteiger partial charge in [-0.3, -0.25) is 0 Å². The summed E-state index contributed by atoms with van der Waals surface area (Å²) in [7, 11) is 1.59. The topological polar surface area (TPSA) is 93.0 Å². The first kappa shape index (κ1) is 10.9. The van der Waals surface area contributed by atoms with Gasteiger partial charge >= 0.3 is 0 Å². The maximum absolute atomic E-state index is 9.60. The Kier molecular flexibility index (Phi) is 3.26. The van der Waals surface area contributed by atoms with Crippen LogP contribution in [0.5, 0.6) is 0 Å². The second-order valence-electron chi connectivity index (χ2n) is 3.64. The first-order valence-electron chi connectivity index (χ1n) is 4.40. The summed E-state index contributed by atoms with van der Waals surface area (Å²) in [6.45, 7) is 1.63. The van der Waals surface area contributed by atoms with Gasteiger partial charge in [0.2, 0.25) is 0 Å². The zero-order valence-corrected chi connectivity index (χ0v) is 7.75. The van der Waals surface area contributed by atoms with Crippen molar-refractivity contribution < 1.29 is 20.4 Å². The minimum absolute atomic E-state index is 0.448. The van der Waals surface area contributed by atoms with E-state index in [1.54, 1.807) is 14.0 Å². The molecule has 5 nitrogen and oxygen atoms in total. The predicted molar refractivity (Wildman–Crippen MR) is 46.0 cm³/mol. The molecule has 1 rings (SSSR count). The normalized spacial score (nSPS) is 52.2. The molecule has 0 aromatic carbocycles. The lowest BCUT2D eigenvalue weighted by molar-refractivity contribution is -0.160. The Balaban J connectivity index is 2.79. The van der Waals surface area contributed by atoms with Crippen LogP contribution in [0.2, 0.25) is 0 Å². The molecule has 0 unspecified atom stereocenters. The minimum atomic E-state index is -1.20. The molecule has 0 aliphatic heterocycles. The fourth-order valence-electron chi connectivity index (χ4n) is 1.80. The highest BCUT2D eigenvalue weighted by atomic mass is 16.4. The molecule has 0 spiro atoms. The number of likely N-dealkylation sites (N-methyl/N-ethyl adjacent to an activating group) is 1. The van der Waals surface area contributed by atoms with Crippen molar-refractivity contribution in [3.05, 3.63) is 0 Å². The second kappa shape index (κ2) is 3.89. The van der Waals surface area contributed by atoms with Gasteiger partial charge in [0.15, 0.2) is 0 Å². The Labute approximate surface area is 77.0 Å². The van der Waals surface area contributed by atoms with Gasteiger partial charge in [-0.1, -0.05) is 6.92 Å². The molecule has 13 heavy (non-hydrogen) atoms. The van der Waals surface area contributed by atoms with Gasteiger partial charge in [-0.15, -0.1) is 0 Å². The second-order valence-corrected chi connectivity index (χ2v) is 3.64. The first-order valence-corrected chi connectivity index (χ1v) is 4.40. The highest BCUT2D eigenvalue weighted by Crippen LogP contribution is 2.25. The van der Waals surface area contributed by atoms with Crippen LogP contribution in [0.1, 0.15) is 6.92 Å². The lowest BCUT2D eigenvalue weighted by Gasteiger charge is -2.42. The average molecular weight is 191 g/mol. The summed E-state index contributed by atoms with van der Waals surface area (Å²) in [5.74, 6) is -0.448. The molecule has 0 heterocycles. The van der Waals surface area contributed by atoms with E-state index in [1.165, 1.54) is 0 Å². The number of aliphatic hydroxyl groups excluding tert-OH is 4. The van der Waals surface area contributed by atoms with Crippen LogP contribution < -0.4 is 5.32 Å². The monoisotopic (exact) mass is 191 g/mol. The maximum atomic E-state index is 9.60. The summed E-state index contributed by atoms with van der Waals surface area (Å²) < 4.78 is 0. The van der Waals surface area contributed by atoms with Gasteiger partial charge < -0.3 is 25.7 Å². The van der Waals surface area contributed by atoms with Gasteiger partial charge in [0, 0.05) is 5.92 Å². The quantitative estimate of drug-likeness (QED) is 0.320. The van der Waals surface area contributed by atoms with E-state index >= 15 is 0 Å². The summed E-state index contributed by atoms with van der Waals surface area (Å²) in [5, 5.41) is 40.6. The number of aliphatic hydroxyl groups is 4. The van der Waals surface area contributed by atoms with E-state index in [0.29, 0.717) is 0 Å². The van der Waals surface area contributed by atoms with Gasteiger partial charge in [-0.25, -0.2) is 0 Å². The number of nitrogens with one attached hydrogen (secondary N) is 1. The molecule has 0 aromatic heterocycles.